The molecule has 0 bridgehead atoms. The molecule has 1 aromatic rings. The molecule has 1 rings (SSSR count). The highest BCUT2D eigenvalue weighted by molar-refractivity contribution is 6.30. The first kappa shape index (κ1) is 11.9. The number of aliphatic carboxylic acids is 1. The highest BCUT2D eigenvalue weighted by Crippen LogP contribution is 2.20. The van der Waals surface area contributed by atoms with E-state index in [0.717, 1.165) is 0 Å². The monoisotopic (exact) mass is 231 g/mol. The van der Waals surface area contributed by atoms with Gasteiger partial charge in [-0.1, -0.05) is 11.6 Å². The molecule has 1 unspecified atom stereocenters. The van der Waals surface area contributed by atoms with Gasteiger partial charge in [-0.25, -0.2) is 4.39 Å². The van der Waals surface area contributed by atoms with Crippen LogP contribution in [-0.4, -0.2) is 17.1 Å². The maximum atomic E-state index is 13.0. The summed E-state index contributed by atoms with van der Waals surface area (Å²) in [4.78, 5) is 10.5. The van der Waals surface area contributed by atoms with Gasteiger partial charge in [0.1, 0.15) is 11.9 Å². The lowest BCUT2D eigenvalue weighted by Gasteiger charge is -2.10. The first-order valence-electron chi connectivity index (χ1n) is 4.34. The molecule has 0 saturated carbocycles. The minimum atomic E-state index is -1.09. The van der Waals surface area contributed by atoms with Crippen LogP contribution in [0, 0.1) is 12.7 Å². The molecule has 3 N–H and O–H groups in total. The number of aryl methyl sites for hydroxylation is 1. The second kappa shape index (κ2) is 4.59. The summed E-state index contributed by atoms with van der Waals surface area (Å²) >= 11 is 5.59. The fourth-order valence-corrected chi connectivity index (χ4v) is 1.42. The van der Waals surface area contributed by atoms with Gasteiger partial charge >= 0.3 is 5.97 Å². The Balaban J connectivity index is 2.95. The second-order valence-electron chi connectivity index (χ2n) is 3.34. The van der Waals surface area contributed by atoms with E-state index in [2.05, 4.69) is 0 Å². The van der Waals surface area contributed by atoms with E-state index in [9.17, 15) is 9.18 Å². The summed E-state index contributed by atoms with van der Waals surface area (Å²) in [7, 11) is 0. The van der Waals surface area contributed by atoms with Crippen molar-refractivity contribution in [3.05, 3.63) is 34.1 Å². The number of carbonyl (C=O) groups is 1. The molecule has 0 radical (unpaired) electrons. The van der Waals surface area contributed by atoms with Crippen LogP contribution in [0.25, 0.3) is 0 Å². The maximum absolute atomic E-state index is 13.0. The van der Waals surface area contributed by atoms with Crippen molar-refractivity contribution < 1.29 is 14.3 Å². The van der Waals surface area contributed by atoms with Crippen molar-refractivity contribution >= 4 is 17.6 Å². The summed E-state index contributed by atoms with van der Waals surface area (Å²) in [6, 6.07) is 1.69. The first-order valence-corrected chi connectivity index (χ1v) is 4.72. The second-order valence-corrected chi connectivity index (χ2v) is 3.75. The molecule has 3 nitrogen and oxygen atoms in total. The predicted octanol–water partition coefficient (Wildman–Crippen LogP) is 1.74. The van der Waals surface area contributed by atoms with Crippen molar-refractivity contribution in [2.24, 2.45) is 5.73 Å². The lowest BCUT2D eigenvalue weighted by atomic mass is 10.0. The Bertz CT molecular complexity index is 395. The molecule has 0 amide bonds. The zero-order chi connectivity index (χ0) is 11.6. The van der Waals surface area contributed by atoms with Crippen LogP contribution in [-0.2, 0) is 11.2 Å². The molecule has 0 spiro atoms. The predicted molar refractivity (Wildman–Crippen MR) is 55.5 cm³/mol. The van der Waals surface area contributed by atoms with Gasteiger partial charge < -0.3 is 10.8 Å². The molecule has 0 aliphatic heterocycles. The van der Waals surface area contributed by atoms with Crippen LogP contribution < -0.4 is 5.73 Å². The minimum absolute atomic E-state index is 0.0202. The number of nitrogens with two attached hydrogens (primary N) is 1. The van der Waals surface area contributed by atoms with Crippen molar-refractivity contribution in [3.63, 3.8) is 0 Å². The number of carboxylic acid groups (broad SMARTS) is 1. The standard InChI is InChI=1S/C10H11ClFNO2/c1-5-2-8(12)7(11)3-6(5)4-9(13)10(14)15/h2-3,9H,4,13H2,1H3,(H,14,15). The lowest BCUT2D eigenvalue weighted by molar-refractivity contribution is -0.138. The Kier molecular flexibility index (Phi) is 3.66. The molecule has 0 saturated heterocycles. The molecule has 82 valence electrons. The van der Waals surface area contributed by atoms with Crippen molar-refractivity contribution in [2.45, 2.75) is 19.4 Å². The van der Waals surface area contributed by atoms with Crippen LogP contribution in [0.3, 0.4) is 0 Å². The van der Waals surface area contributed by atoms with Crippen LogP contribution in [0.5, 0.6) is 0 Å². The molecular formula is C10H11ClFNO2. The van der Waals surface area contributed by atoms with E-state index in [0.29, 0.717) is 11.1 Å². The number of hydrogen-bond acceptors (Lipinski definition) is 2. The van der Waals surface area contributed by atoms with Crippen molar-refractivity contribution in [2.75, 3.05) is 0 Å². The number of benzene rings is 1. The van der Waals surface area contributed by atoms with Crippen LogP contribution in [0.15, 0.2) is 12.1 Å². The van der Waals surface area contributed by atoms with Gasteiger partial charge in [-0.15, -0.1) is 0 Å². The molecule has 1 aromatic carbocycles. The third kappa shape index (κ3) is 2.91. The number of hydrogen-bond donors (Lipinski definition) is 2. The Morgan fingerprint density at radius 2 is 2.27 bits per heavy atom. The Hall–Kier alpha value is -1.13. The quantitative estimate of drug-likeness (QED) is 0.833. The van der Waals surface area contributed by atoms with E-state index in [1.54, 1.807) is 6.92 Å². The third-order valence-electron chi connectivity index (χ3n) is 2.14. The number of halogens is 2. The van der Waals surface area contributed by atoms with Gasteiger partial charge in [-0.2, -0.15) is 0 Å². The average Bonchev–Trinajstić information content (AvgIpc) is 2.13. The summed E-state index contributed by atoms with van der Waals surface area (Å²) in [5.41, 5.74) is 6.67. The van der Waals surface area contributed by atoms with E-state index in [1.165, 1.54) is 12.1 Å². The topological polar surface area (TPSA) is 63.3 Å². The molecule has 0 heterocycles. The van der Waals surface area contributed by atoms with Gasteiger partial charge in [0.15, 0.2) is 0 Å². The Labute approximate surface area is 91.7 Å². The smallest absolute Gasteiger partial charge is 0.320 e. The van der Waals surface area contributed by atoms with Crippen LogP contribution >= 0.6 is 11.6 Å². The van der Waals surface area contributed by atoms with Gasteiger partial charge in [0, 0.05) is 0 Å². The number of carboxylic acids is 1. The lowest BCUT2D eigenvalue weighted by Crippen LogP contribution is -2.32. The van der Waals surface area contributed by atoms with Crippen LogP contribution in [0.2, 0.25) is 5.02 Å². The molecule has 0 fully saturated rings. The molecule has 0 aliphatic rings. The van der Waals surface area contributed by atoms with Gasteiger partial charge in [-0.05, 0) is 36.6 Å². The summed E-state index contributed by atoms with van der Waals surface area (Å²) in [6.07, 6.45) is 0.140. The van der Waals surface area contributed by atoms with E-state index in [-0.39, 0.29) is 11.4 Å². The van der Waals surface area contributed by atoms with Crippen molar-refractivity contribution in [1.82, 2.24) is 0 Å². The largest absolute Gasteiger partial charge is 0.480 e. The first-order chi connectivity index (χ1) is 6.91. The molecule has 1 atom stereocenters. The van der Waals surface area contributed by atoms with Crippen molar-refractivity contribution in [1.29, 1.82) is 0 Å². The zero-order valence-corrected chi connectivity index (χ0v) is 8.88. The van der Waals surface area contributed by atoms with Crippen LogP contribution in [0.4, 0.5) is 4.39 Å². The van der Waals surface area contributed by atoms with Crippen molar-refractivity contribution in [3.8, 4) is 0 Å². The summed E-state index contributed by atoms with van der Waals surface area (Å²) in [5, 5.41) is 8.61. The van der Waals surface area contributed by atoms with E-state index < -0.39 is 17.8 Å². The Morgan fingerprint density at radius 1 is 1.67 bits per heavy atom. The SMILES string of the molecule is Cc1cc(F)c(Cl)cc1CC(N)C(=O)O. The summed E-state index contributed by atoms with van der Waals surface area (Å²) < 4.78 is 13.0. The van der Waals surface area contributed by atoms with E-state index in [1.807, 2.05) is 0 Å². The molecule has 15 heavy (non-hydrogen) atoms. The van der Waals surface area contributed by atoms with Gasteiger partial charge in [-0.3, -0.25) is 4.79 Å². The van der Waals surface area contributed by atoms with Gasteiger partial charge in [0.25, 0.3) is 0 Å². The molecule has 0 aromatic heterocycles. The number of rotatable bonds is 3. The van der Waals surface area contributed by atoms with Crippen LogP contribution in [0.1, 0.15) is 11.1 Å². The fourth-order valence-electron chi connectivity index (χ4n) is 1.23. The molecule has 5 heteroatoms. The summed E-state index contributed by atoms with van der Waals surface area (Å²) in [5.74, 6) is -1.60. The highest BCUT2D eigenvalue weighted by Gasteiger charge is 2.14. The van der Waals surface area contributed by atoms with Gasteiger partial charge in [0.2, 0.25) is 0 Å². The van der Waals surface area contributed by atoms with Gasteiger partial charge in [0.05, 0.1) is 5.02 Å². The zero-order valence-electron chi connectivity index (χ0n) is 8.13. The minimum Gasteiger partial charge on any atom is -0.480 e. The fraction of sp³-hybridized carbons (Fsp3) is 0.300. The Morgan fingerprint density at radius 3 is 2.80 bits per heavy atom. The average molecular weight is 232 g/mol. The molecular weight excluding hydrogens is 221 g/mol. The highest BCUT2D eigenvalue weighted by atomic mass is 35.5. The summed E-state index contributed by atoms with van der Waals surface area (Å²) in [6.45, 7) is 1.68. The normalized spacial score (nSPS) is 12.5. The maximum Gasteiger partial charge on any atom is 0.320 e. The third-order valence-corrected chi connectivity index (χ3v) is 2.43. The molecule has 0 aliphatic carbocycles. The van der Waals surface area contributed by atoms with E-state index >= 15 is 0 Å². The van der Waals surface area contributed by atoms with E-state index in [4.69, 9.17) is 22.4 Å².